The highest BCUT2D eigenvalue weighted by Crippen LogP contribution is 2.23. The molecule has 2 rings (SSSR count). The molecule has 1 aromatic heterocycles. The summed E-state index contributed by atoms with van der Waals surface area (Å²) < 4.78 is 29.2. The Balaban J connectivity index is 2.20. The molecule has 0 spiro atoms. The van der Waals surface area contributed by atoms with Crippen LogP contribution in [0.3, 0.4) is 0 Å². The second kappa shape index (κ2) is 6.85. The molecule has 0 radical (unpaired) electrons. The number of nitrogens with one attached hydrogen (secondary N) is 1. The van der Waals surface area contributed by atoms with Crippen molar-refractivity contribution in [3.8, 4) is 0 Å². The Kier molecular flexibility index (Phi) is 5.12. The van der Waals surface area contributed by atoms with Crippen LogP contribution in [0.15, 0.2) is 36.7 Å². The summed E-state index contributed by atoms with van der Waals surface area (Å²) in [5, 5.41) is 3.44. The minimum Gasteiger partial charge on any atom is -0.349 e. The Hall–Kier alpha value is -1.68. The predicted molar refractivity (Wildman–Crippen MR) is 81.1 cm³/mol. The van der Waals surface area contributed by atoms with Gasteiger partial charge in [0.2, 0.25) is 0 Å². The van der Waals surface area contributed by atoms with Gasteiger partial charge in [-0.05, 0) is 36.2 Å². The van der Waals surface area contributed by atoms with E-state index < -0.39 is 11.6 Å². The molecule has 21 heavy (non-hydrogen) atoms. The minimum atomic E-state index is -0.502. The van der Waals surface area contributed by atoms with Crippen molar-refractivity contribution in [1.82, 2.24) is 9.88 Å². The molecule has 0 saturated heterocycles. The zero-order valence-corrected chi connectivity index (χ0v) is 12.7. The van der Waals surface area contributed by atoms with Gasteiger partial charge >= 0.3 is 0 Å². The summed E-state index contributed by atoms with van der Waals surface area (Å²) in [6.07, 6.45) is 3.83. The third kappa shape index (κ3) is 3.70. The number of hydrogen-bond donors (Lipinski definition) is 1. The van der Waals surface area contributed by atoms with E-state index >= 15 is 0 Å². The van der Waals surface area contributed by atoms with Crippen LogP contribution in [0.1, 0.15) is 37.9 Å². The van der Waals surface area contributed by atoms with E-state index in [1.807, 2.05) is 23.0 Å². The lowest BCUT2D eigenvalue weighted by Gasteiger charge is -2.20. The van der Waals surface area contributed by atoms with Crippen LogP contribution in [0.5, 0.6) is 0 Å². The van der Waals surface area contributed by atoms with E-state index in [4.69, 9.17) is 0 Å². The monoisotopic (exact) mass is 292 g/mol. The van der Waals surface area contributed by atoms with E-state index in [0.29, 0.717) is 5.92 Å². The van der Waals surface area contributed by atoms with Gasteiger partial charge in [0, 0.05) is 24.0 Å². The summed E-state index contributed by atoms with van der Waals surface area (Å²) in [5.41, 5.74) is 1.24. The Morgan fingerprint density at radius 3 is 2.38 bits per heavy atom. The first-order valence-electron chi connectivity index (χ1n) is 7.34. The predicted octanol–water partition coefficient (Wildman–Crippen LogP) is 4.12. The second-order valence-electron chi connectivity index (χ2n) is 5.60. The van der Waals surface area contributed by atoms with Crippen LogP contribution >= 0.6 is 0 Å². The quantitative estimate of drug-likeness (QED) is 0.847. The highest BCUT2D eigenvalue weighted by Gasteiger charge is 2.16. The highest BCUT2D eigenvalue weighted by molar-refractivity contribution is 5.22. The van der Waals surface area contributed by atoms with Gasteiger partial charge in [0.25, 0.3) is 0 Å². The lowest BCUT2D eigenvalue weighted by molar-refractivity contribution is 0.421. The van der Waals surface area contributed by atoms with Crippen molar-refractivity contribution in [3.63, 3.8) is 0 Å². The molecule has 2 nitrogen and oxygen atoms in total. The molecule has 0 saturated carbocycles. The van der Waals surface area contributed by atoms with E-state index in [1.165, 1.54) is 18.2 Å². The molecule has 1 aromatic carbocycles. The molecule has 0 fully saturated rings. The van der Waals surface area contributed by atoms with Crippen molar-refractivity contribution in [2.24, 2.45) is 5.92 Å². The van der Waals surface area contributed by atoms with Crippen LogP contribution in [0.25, 0.3) is 0 Å². The smallest absolute Gasteiger partial charge is 0.131 e. The molecule has 0 aliphatic heterocycles. The fourth-order valence-electron chi connectivity index (χ4n) is 2.57. The van der Waals surface area contributed by atoms with Crippen LogP contribution in [0, 0.1) is 17.6 Å². The van der Waals surface area contributed by atoms with Gasteiger partial charge < -0.3 is 9.88 Å². The van der Waals surface area contributed by atoms with Gasteiger partial charge in [0.1, 0.15) is 11.6 Å². The number of benzene rings is 1. The Bertz CT molecular complexity index is 570. The fraction of sp³-hybridized carbons (Fsp3) is 0.412. The number of rotatable bonds is 6. The molecule has 0 aliphatic carbocycles. The first-order valence-corrected chi connectivity index (χ1v) is 7.34. The highest BCUT2D eigenvalue weighted by atomic mass is 19.1. The lowest BCUT2D eigenvalue weighted by Crippen LogP contribution is -2.25. The van der Waals surface area contributed by atoms with Crippen molar-refractivity contribution >= 4 is 0 Å². The SMILES string of the molecule is CCNC(c1ccn(Cc2c(F)cccc2F)c1)C(C)C. The molecule has 1 heterocycles. The summed E-state index contributed by atoms with van der Waals surface area (Å²) in [4.78, 5) is 0. The molecular formula is C17H22F2N2. The first-order chi connectivity index (χ1) is 10.0. The average Bonchev–Trinajstić information content (AvgIpc) is 2.88. The van der Waals surface area contributed by atoms with Crippen molar-refractivity contribution in [2.75, 3.05) is 6.54 Å². The second-order valence-corrected chi connectivity index (χ2v) is 5.60. The third-order valence-corrected chi connectivity index (χ3v) is 3.63. The molecule has 0 bridgehead atoms. The van der Waals surface area contributed by atoms with E-state index in [9.17, 15) is 8.78 Å². The van der Waals surface area contributed by atoms with Gasteiger partial charge in [0.15, 0.2) is 0 Å². The van der Waals surface area contributed by atoms with Gasteiger partial charge in [-0.2, -0.15) is 0 Å². The number of halogens is 2. The number of aromatic nitrogens is 1. The van der Waals surface area contributed by atoms with Gasteiger partial charge in [-0.1, -0.05) is 26.8 Å². The standard InChI is InChI=1S/C17H22F2N2/c1-4-20-17(12(2)3)13-8-9-21(10-13)11-14-15(18)6-5-7-16(14)19/h5-10,12,17,20H,4,11H2,1-3H3. The largest absolute Gasteiger partial charge is 0.349 e. The minimum absolute atomic E-state index is 0.101. The Morgan fingerprint density at radius 2 is 1.81 bits per heavy atom. The molecule has 4 heteroatoms. The maximum absolute atomic E-state index is 13.7. The van der Waals surface area contributed by atoms with E-state index in [1.54, 1.807) is 0 Å². The summed E-state index contributed by atoms with van der Waals surface area (Å²) in [7, 11) is 0. The van der Waals surface area contributed by atoms with Gasteiger partial charge in [-0.15, -0.1) is 0 Å². The molecule has 114 valence electrons. The van der Waals surface area contributed by atoms with Crippen LogP contribution < -0.4 is 5.32 Å². The summed E-state index contributed by atoms with van der Waals surface area (Å²) in [6, 6.07) is 6.22. The van der Waals surface area contributed by atoms with Crippen molar-refractivity contribution < 1.29 is 8.78 Å². The fourth-order valence-corrected chi connectivity index (χ4v) is 2.57. The van der Waals surface area contributed by atoms with Crippen molar-refractivity contribution in [1.29, 1.82) is 0 Å². The zero-order valence-electron chi connectivity index (χ0n) is 12.7. The molecule has 1 N–H and O–H groups in total. The Labute approximate surface area is 124 Å². The number of hydrogen-bond acceptors (Lipinski definition) is 1. The summed E-state index contributed by atoms with van der Waals surface area (Å²) in [5.74, 6) is -0.555. The summed E-state index contributed by atoms with van der Waals surface area (Å²) in [6.45, 7) is 7.47. The van der Waals surface area contributed by atoms with Crippen LogP contribution in [0.2, 0.25) is 0 Å². The molecule has 2 aromatic rings. The van der Waals surface area contributed by atoms with Crippen LogP contribution in [-0.2, 0) is 6.54 Å². The van der Waals surface area contributed by atoms with Gasteiger partial charge in [-0.25, -0.2) is 8.78 Å². The molecule has 0 amide bonds. The number of nitrogens with zero attached hydrogens (tertiary/aromatic N) is 1. The first kappa shape index (κ1) is 15.7. The maximum Gasteiger partial charge on any atom is 0.131 e. The lowest BCUT2D eigenvalue weighted by atomic mass is 9.98. The Morgan fingerprint density at radius 1 is 1.14 bits per heavy atom. The average molecular weight is 292 g/mol. The zero-order chi connectivity index (χ0) is 15.4. The maximum atomic E-state index is 13.7. The van der Waals surface area contributed by atoms with Crippen molar-refractivity contribution in [3.05, 3.63) is 59.4 Å². The van der Waals surface area contributed by atoms with E-state index in [-0.39, 0.29) is 18.2 Å². The van der Waals surface area contributed by atoms with Gasteiger partial charge in [0.05, 0.1) is 6.54 Å². The molecule has 1 unspecified atom stereocenters. The molecular weight excluding hydrogens is 270 g/mol. The molecule has 1 atom stereocenters. The van der Waals surface area contributed by atoms with Gasteiger partial charge in [-0.3, -0.25) is 0 Å². The van der Waals surface area contributed by atoms with E-state index in [0.717, 1.165) is 12.1 Å². The third-order valence-electron chi connectivity index (χ3n) is 3.63. The topological polar surface area (TPSA) is 17.0 Å². The molecule has 0 aliphatic rings. The summed E-state index contributed by atoms with van der Waals surface area (Å²) >= 11 is 0. The van der Waals surface area contributed by atoms with Crippen LogP contribution in [0.4, 0.5) is 8.78 Å². The normalized spacial score (nSPS) is 12.9. The van der Waals surface area contributed by atoms with Crippen molar-refractivity contribution in [2.45, 2.75) is 33.4 Å². The van der Waals surface area contributed by atoms with Crippen LogP contribution in [-0.4, -0.2) is 11.1 Å². The van der Waals surface area contributed by atoms with E-state index in [2.05, 4.69) is 26.1 Å².